The molecule has 0 bridgehead atoms. The predicted molar refractivity (Wildman–Crippen MR) is 72.8 cm³/mol. The van der Waals surface area contributed by atoms with E-state index < -0.39 is 5.60 Å². The molecule has 0 spiro atoms. The minimum atomic E-state index is -0.754. The number of carbonyl (C=O) groups is 2. The summed E-state index contributed by atoms with van der Waals surface area (Å²) >= 11 is 0. The van der Waals surface area contributed by atoms with Gasteiger partial charge in [-0.1, -0.05) is 42.5 Å². The fourth-order valence-electron chi connectivity index (χ4n) is 2.19. The summed E-state index contributed by atoms with van der Waals surface area (Å²) in [4.78, 5) is 22.6. The maximum atomic E-state index is 11.3. The lowest BCUT2D eigenvalue weighted by Gasteiger charge is -2.31. The molecule has 0 saturated heterocycles. The zero-order chi connectivity index (χ0) is 13.9. The molecule has 0 heterocycles. The number of hydrogen-bond donors (Lipinski definition) is 0. The van der Waals surface area contributed by atoms with E-state index in [9.17, 15) is 9.59 Å². The number of carbonyl (C=O) groups excluding carboxylic acids is 2. The first-order valence-corrected chi connectivity index (χ1v) is 6.19. The molecule has 3 nitrogen and oxygen atoms in total. The van der Waals surface area contributed by atoms with Crippen molar-refractivity contribution in [3.63, 3.8) is 0 Å². The number of ether oxygens (including phenoxy) is 1. The average Bonchev–Trinajstić information content (AvgIpc) is 2.39. The Balaban J connectivity index is 2.38. The molecule has 0 saturated carbocycles. The topological polar surface area (TPSA) is 43.4 Å². The van der Waals surface area contributed by atoms with E-state index >= 15 is 0 Å². The molecular formula is C16H16O3. The molecule has 2 rings (SSSR count). The summed E-state index contributed by atoms with van der Waals surface area (Å²) in [7, 11) is 0. The Bertz CT molecular complexity index is 552. The largest absolute Gasteiger partial charge is 0.450 e. The first-order chi connectivity index (χ1) is 9.03. The normalized spacial score (nSPS) is 21.2. The van der Waals surface area contributed by atoms with Crippen molar-refractivity contribution in [1.82, 2.24) is 0 Å². The van der Waals surface area contributed by atoms with Gasteiger partial charge in [-0.05, 0) is 18.6 Å². The Morgan fingerprint density at radius 1 is 1.11 bits per heavy atom. The van der Waals surface area contributed by atoms with Crippen LogP contribution in [-0.2, 0) is 15.1 Å². The van der Waals surface area contributed by atoms with Crippen LogP contribution in [0.15, 0.2) is 48.6 Å². The lowest BCUT2D eigenvalue weighted by molar-refractivity contribution is -0.153. The number of esters is 1. The number of hydrogen-bond acceptors (Lipinski definition) is 3. The molecule has 0 N–H and O–H groups in total. The lowest BCUT2D eigenvalue weighted by atomic mass is 9.86. The van der Waals surface area contributed by atoms with Crippen LogP contribution >= 0.6 is 0 Å². The molecule has 1 atom stereocenters. The first kappa shape index (κ1) is 13.3. The van der Waals surface area contributed by atoms with Crippen LogP contribution < -0.4 is 0 Å². The number of ketones is 1. The Labute approximate surface area is 112 Å². The van der Waals surface area contributed by atoms with Gasteiger partial charge in [-0.2, -0.15) is 0 Å². The van der Waals surface area contributed by atoms with E-state index in [1.807, 2.05) is 36.4 Å². The molecule has 0 radical (unpaired) electrons. The van der Waals surface area contributed by atoms with E-state index in [0.717, 1.165) is 5.56 Å². The van der Waals surface area contributed by atoms with Gasteiger partial charge in [0.15, 0.2) is 11.4 Å². The van der Waals surface area contributed by atoms with Crippen molar-refractivity contribution in [3.05, 3.63) is 59.7 Å². The Morgan fingerprint density at radius 3 is 2.26 bits per heavy atom. The van der Waals surface area contributed by atoms with Crippen LogP contribution in [0.3, 0.4) is 0 Å². The van der Waals surface area contributed by atoms with Crippen LogP contribution in [0.1, 0.15) is 36.2 Å². The molecule has 98 valence electrons. The monoisotopic (exact) mass is 256 g/mol. The standard InChI is InChI=1S/C16H16O3/c1-12(17)14-6-8-15(9-7-14)16(19-13(2)18)10-4-3-5-11-16/h3-10H,11H2,1-2H3. The predicted octanol–water partition coefficient (Wildman–Crippen LogP) is 3.16. The number of allylic oxidation sites excluding steroid dienone is 2. The van der Waals surface area contributed by atoms with Gasteiger partial charge in [0, 0.05) is 18.9 Å². The minimum Gasteiger partial charge on any atom is -0.450 e. The zero-order valence-corrected chi connectivity index (χ0v) is 11.1. The van der Waals surface area contributed by atoms with Crippen LogP contribution in [-0.4, -0.2) is 11.8 Å². The van der Waals surface area contributed by atoms with Gasteiger partial charge in [-0.25, -0.2) is 0 Å². The van der Waals surface area contributed by atoms with Crippen molar-refractivity contribution in [2.75, 3.05) is 0 Å². The average molecular weight is 256 g/mol. The maximum absolute atomic E-state index is 11.3. The molecule has 0 aliphatic heterocycles. The molecule has 0 fully saturated rings. The highest BCUT2D eigenvalue weighted by atomic mass is 16.6. The van der Waals surface area contributed by atoms with Crippen LogP contribution in [0.2, 0.25) is 0 Å². The summed E-state index contributed by atoms with van der Waals surface area (Å²) in [5, 5.41) is 0. The molecule has 19 heavy (non-hydrogen) atoms. The van der Waals surface area contributed by atoms with Gasteiger partial charge in [0.05, 0.1) is 0 Å². The van der Waals surface area contributed by atoms with E-state index in [1.165, 1.54) is 13.8 Å². The summed E-state index contributed by atoms with van der Waals surface area (Å²) in [5.41, 5.74) is 0.765. The molecule has 0 aromatic heterocycles. The summed E-state index contributed by atoms with van der Waals surface area (Å²) in [5.74, 6) is -0.303. The van der Waals surface area contributed by atoms with Gasteiger partial charge in [0.1, 0.15) is 0 Å². The van der Waals surface area contributed by atoms with Crippen molar-refractivity contribution >= 4 is 11.8 Å². The van der Waals surface area contributed by atoms with Crippen molar-refractivity contribution in [2.24, 2.45) is 0 Å². The number of Topliss-reactive ketones (excluding diaryl/α,β-unsaturated/α-hetero) is 1. The van der Waals surface area contributed by atoms with Crippen LogP contribution in [0, 0.1) is 0 Å². The molecule has 1 aromatic rings. The summed E-state index contributed by atoms with van der Waals surface area (Å²) in [6.45, 7) is 2.93. The second-order valence-electron chi connectivity index (χ2n) is 4.61. The molecule has 1 aliphatic carbocycles. The summed E-state index contributed by atoms with van der Waals surface area (Å²) in [6.07, 6.45) is 8.22. The van der Waals surface area contributed by atoms with Crippen molar-refractivity contribution in [3.8, 4) is 0 Å². The van der Waals surface area contributed by atoms with Gasteiger partial charge in [-0.3, -0.25) is 9.59 Å². The highest BCUT2D eigenvalue weighted by Crippen LogP contribution is 2.34. The fraction of sp³-hybridized carbons (Fsp3) is 0.250. The van der Waals surface area contributed by atoms with Gasteiger partial charge >= 0.3 is 5.97 Å². The zero-order valence-electron chi connectivity index (χ0n) is 11.1. The summed E-state index contributed by atoms with van der Waals surface area (Å²) < 4.78 is 5.50. The minimum absolute atomic E-state index is 0.0205. The molecule has 1 aliphatic rings. The maximum Gasteiger partial charge on any atom is 0.303 e. The van der Waals surface area contributed by atoms with E-state index in [2.05, 4.69) is 0 Å². The van der Waals surface area contributed by atoms with E-state index in [-0.39, 0.29) is 11.8 Å². The molecule has 3 heteroatoms. The lowest BCUT2D eigenvalue weighted by Crippen LogP contribution is -2.30. The summed E-state index contributed by atoms with van der Waals surface area (Å²) in [6, 6.07) is 7.19. The smallest absolute Gasteiger partial charge is 0.303 e. The van der Waals surface area contributed by atoms with Gasteiger partial charge < -0.3 is 4.74 Å². The molecule has 0 amide bonds. The van der Waals surface area contributed by atoms with Crippen LogP contribution in [0.5, 0.6) is 0 Å². The highest BCUT2D eigenvalue weighted by molar-refractivity contribution is 5.94. The van der Waals surface area contributed by atoms with Crippen LogP contribution in [0.25, 0.3) is 0 Å². The van der Waals surface area contributed by atoms with Gasteiger partial charge in [-0.15, -0.1) is 0 Å². The molecule has 1 aromatic carbocycles. The highest BCUT2D eigenvalue weighted by Gasteiger charge is 2.32. The van der Waals surface area contributed by atoms with Gasteiger partial charge in [0.25, 0.3) is 0 Å². The first-order valence-electron chi connectivity index (χ1n) is 6.19. The second-order valence-corrected chi connectivity index (χ2v) is 4.61. The Kier molecular flexibility index (Phi) is 3.65. The third-order valence-electron chi connectivity index (χ3n) is 3.14. The third kappa shape index (κ3) is 2.81. The number of rotatable bonds is 3. The number of benzene rings is 1. The van der Waals surface area contributed by atoms with Crippen molar-refractivity contribution < 1.29 is 14.3 Å². The van der Waals surface area contributed by atoms with E-state index in [1.54, 1.807) is 12.1 Å². The van der Waals surface area contributed by atoms with Gasteiger partial charge in [0.2, 0.25) is 0 Å². The second kappa shape index (κ2) is 5.22. The SMILES string of the molecule is CC(=O)OC1(c2ccc(C(C)=O)cc2)C=CC=CC1. The molecule has 1 unspecified atom stereocenters. The van der Waals surface area contributed by atoms with Crippen molar-refractivity contribution in [1.29, 1.82) is 0 Å². The Morgan fingerprint density at radius 2 is 1.79 bits per heavy atom. The van der Waals surface area contributed by atoms with E-state index in [0.29, 0.717) is 12.0 Å². The third-order valence-corrected chi connectivity index (χ3v) is 3.14. The fourth-order valence-corrected chi connectivity index (χ4v) is 2.19. The van der Waals surface area contributed by atoms with Crippen LogP contribution in [0.4, 0.5) is 0 Å². The molecular weight excluding hydrogens is 240 g/mol. The Hall–Kier alpha value is -2.16. The quantitative estimate of drug-likeness (QED) is 0.616. The van der Waals surface area contributed by atoms with Crippen molar-refractivity contribution in [2.45, 2.75) is 25.9 Å². The van der Waals surface area contributed by atoms with E-state index in [4.69, 9.17) is 4.74 Å².